The summed E-state index contributed by atoms with van der Waals surface area (Å²) in [7, 11) is 2.10. The highest BCUT2D eigenvalue weighted by atomic mass is 19.1. The standard InChI is InChI=1S/C25H25FN6O2/c1-31-13-25(14-31)8-9-32(15-25)24(34)16-2-5-19(6-3-16)28-12-22(30-27)20-11-17-10-18(26)4-7-21(17)29-23(20)33/h2-7,10-12H,8-9,13-15,27H2,1H3,(H,29,33). The summed E-state index contributed by atoms with van der Waals surface area (Å²) in [6.45, 7) is 3.68. The Labute approximate surface area is 195 Å². The molecule has 0 atom stereocenters. The third-order valence-electron chi connectivity index (χ3n) is 6.61. The van der Waals surface area contributed by atoms with Gasteiger partial charge in [0.15, 0.2) is 0 Å². The van der Waals surface area contributed by atoms with E-state index >= 15 is 0 Å². The molecule has 2 saturated heterocycles. The molecule has 5 rings (SSSR count). The minimum atomic E-state index is -0.413. The molecule has 34 heavy (non-hydrogen) atoms. The van der Waals surface area contributed by atoms with E-state index in [1.807, 2.05) is 4.90 Å². The third-order valence-corrected chi connectivity index (χ3v) is 6.61. The molecule has 1 aromatic heterocycles. The van der Waals surface area contributed by atoms with Gasteiger partial charge in [0.05, 0.1) is 17.5 Å². The summed E-state index contributed by atoms with van der Waals surface area (Å²) >= 11 is 0. The van der Waals surface area contributed by atoms with E-state index in [0.29, 0.717) is 22.2 Å². The molecule has 0 saturated carbocycles. The number of likely N-dealkylation sites (tertiary alicyclic amines) is 2. The summed E-state index contributed by atoms with van der Waals surface area (Å²) in [5.41, 5.74) is 1.90. The molecule has 3 heterocycles. The van der Waals surface area contributed by atoms with Crippen LogP contribution in [0.25, 0.3) is 10.9 Å². The molecule has 0 bridgehead atoms. The van der Waals surface area contributed by atoms with Gasteiger partial charge in [-0.15, -0.1) is 0 Å². The maximum atomic E-state index is 13.6. The van der Waals surface area contributed by atoms with Crippen molar-refractivity contribution >= 4 is 34.4 Å². The van der Waals surface area contributed by atoms with Gasteiger partial charge in [0.25, 0.3) is 11.5 Å². The average molecular weight is 461 g/mol. The van der Waals surface area contributed by atoms with Crippen molar-refractivity contribution < 1.29 is 9.18 Å². The molecule has 8 nitrogen and oxygen atoms in total. The molecule has 0 aliphatic carbocycles. The number of benzene rings is 2. The largest absolute Gasteiger partial charge is 0.338 e. The number of fused-ring (bicyclic) bond motifs is 1. The number of halogens is 1. The number of hydrogen-bond acceptors (Lipinski definition) is 6. The molecular weight excluding hydrogens is 435 g/mol. The van der Waals surface area contributed by atoms with Crippen molar-refractivity contribution in [3.05, 3.63) is 75.8 Å². The van der Waals surface area contributed by atoms with Crippen LogP contribution in [-0.4, -0.2) is 65.8 Å². The van der Waals surface area contributed by atoms with Crippen LogP contribution < -0.4 is 11.4 Å². The van der Waals surface area contributed by atoms with Gasteiger partial charge in [0.1, 0.15) is 11.5 Å². The predicted molar refractivity (Wildman–Crippen MR) is 130 cm³/mol. The Hall–Kier alpha value is -3.85. The molecule has 174 valence electrons. The zero-order chi connectivity index (χ0) is 23.9. The summed E-state index contributed by atoms with van der Waals surface area (Å²) in [6, 6.07) is 12.6. The lowest BCUT2D eigenvalue weighted by molar-refractivity contribution is 0.0294. The summed E-state index contributed by atoms with van der Waals surface area (Å²) in [6.07, 6.45) is 2.43. The molecule has 2 aliphatic rings. The van der Waals surface area contributed by atoms with E-state index in [2.05, 4.69) is 27.0 Å². The topological polar surface area (TPSA) is 107 Å². The lowest BCUT2D eigenvalue weighted by Crippen LogP contribution is -2.55. The van der Waals surface area contributed by atoms with Gasteiger partial charge in [0.2, 0.25) is 0 Å². The first-order chi connectivity index (χ1) is 16.4. The minimum absolute atomic E-state index is 0.0288. The Kier molecular flexibility index (Phi) is 5.49. The van der Waals surface area contributed by atoms with Gasteiger partial charge in [-0.2, -0.15) is 5.10 Å². The average Bonchev–Trinajstić information content (AvgIpc) is 3.25. The zero-order valence-corrected chi connectivity index (χ0v) is 18.8. The number of aromatic nitrogens is 1. The first kappa shape index (κ1) is 22.0. The Morgan fingerprint density at radius 3 is 2.62 bits per heavy atom. The normalized spacial score (nSPS) is 18.2. The van der Waals surface area contributed by atoms with E-state index in [1.54, 1.807) is 24.3 Å². The van der Waals surface area contributed by atoms with Crippen LogP contribution >= 0.6 is 0 Å². The van der Waals surface area contributed by atoms with E-state index in [9.17, 15) is 14.0 Å². The second-order valence-electron chi connectivity index (χ2n) is 9.21. The fourth-order valence-electron chi connectivity index (χ4n) is 5.01. The highest BCUT2D eigenvalue weighted by Gasteiger charge is 2.47. The van der Waals surface area contributed by atoms with Crippen molar-refractivity contribution in [2.24, 2.45) is 21.4 Å². The number of nitrogens with two attached hydrogens (primary N) is 1. The van der Waals surface area contributed by atoms with Crippen LogP contribution in [0.4, 0.5) is 10.1 Å². The molecule has 2 aromatic carbocycles. The Bertz CT molecular complexity index is 1370. The fourth-order valence-corrected chi connectivity index (χ4v) is 5.01. The van der Waals surface area contributed by atoms with E-state index in [-0.39, 0.29) is 22.6 Å². The molecule has 0 radical (unpaired) electrons. The van der Waals surface area contributed by atoms with Crippen molar-refractivity contribution in [3.63, 3.8) is 0 Å². The Morgan fingerprint density at radius 1 is 1.15 bits per heavy atom. The number of rotatable bonds is 4. The zero-order valence-electron chi connectivity index (χ0n) is 18.8. The second kappa shape index (κ2) is 8.49. The number of pyridine rings is 1. The van der Waals surface area contributed by atoms with E-state index < -0.39 is 11.4 Å². The number of aliphatic imine (C=N–C) groups is 1. The molecule has 1 amide bonds. The monoisotopic (exact) mass is 460 g/mol. The van der Waals surface area contributed by atoms with Gasteiger partial charge in [-0.05, 0) is 62.0 Å². The van der Waals surface area contributed by atoms with Crippen molar-refractivity contribution in [1.29, 1.82) is 0 Å². The lowest BCUT2D eigenvalue weighted by atomic mass is 9.79. The minimum Gasteiger partial charge on any atom is -0.338 e. The lowest BCUT2D eigenvalue weighted by Gasteiger charge is -2.46. The van der Waals surface area contributed by atoms with Crippen LogP contribution in [0.1, 0.15) is 22.3 Å². The maximum Gasteiger partial charge on any atom is 0.258 e. The second-order valence-corrected chi connectivity index (χ2v) is 9.21. The van der Waals surface area contributed by atoms with Crippen molar-refractivity contribution in [3.8, 4) is 0 Å². The maximum absolute atomic E-state index is 13.6. The van der Waals surface area contributed by atoms with Gasteiger partial charge in [-0.25, -0.2) is 4.39 Å². The number of nitrogens with zero attached hydrogens (tertiary/aromatic N) is 4. The Balaban J connectivity index is 1.30. The van der Waals surface area contributed by atoms with Crippen LogP contribution in [0, 0.1) is 11.2 Å². The predicted octanol–water partition coefficient (Wildman–Crippen LogP) is 2.51. The van der Waals surface area contributed by atoms with Crippen LogP contribution in [0.2, 0.25) is 0 Å². The number of amides is 1. The summed E-state index contributed by atoms with van der Waals surface area (Å²) in [4.78, 5) is 36.6. The van der Waals surface area contributed by atoms with Crippen LogP contribution in [-0.2, 0) is 0 Å². The van der Waals surface area contributed by atoms with Gasteiger partial charge in [-0.1, -0.05) is 0 Å². The molecule has 9 heteroatoms. The van der Waals surface area contributed by atoms with Crippen molar-refractivity contribution in [2.75, 3.05) is 33.2 Å². The molecule has 1 spiro atoms. The number of H-pyrrole nitrogens is 1. The molecule has 2 fully saturated rings. The summed E-state index contributed by atoms with van der Waals surface area (Å²) in [5, 5.41) is 4.20. The molecule has 3 aromatic rings. The van der Waals surface area contributed by atoms with Gasteiger partial charge in [0, 0.05) is 48.1 Å². The van der Waals surface area contributed by atoms with Crippen LogP contribution in [0.3, 0.4) is 0 Å². The highest BCUT2D eigenvalue weighted by molar-refractivity contribution is 6.38. The molecule has 3 N–H and O–H groups in total. The van der Waals surface area contributed by atoms with E-state index in [4.69, 9.17) is 5.84 Å². The van der Waals surface area contributed by atoms with Crippen molar-refractivity contribution in [1.82, 2.24) is 14.8 Å². The highest BCUT2D eigenvalue weighted by Crippen LogP contribution is 2.39. The smallest absolute Gasteiger partial charge is 0.258 e. The third kappa shape index (κ3) is 4.10. The number of aromatic amines is 1. The van der Waals surface area contributed by atoms with Crippen LogP contribution in [0.5, 0.6) is 0 Å². The Morgan fingerprint density at radius 2 is 1.91 bits per heavy atom. The number of carbonyl (C=O) groups excluding carboxylic acids is 1. The summed E-state index contributed by atoms with van der Waals surface area (Å²) in [5.74, 6) is 5.12. The molecule has 2 aliphatic heterocycles. The first-order valence-electron chi connectivity index (χ1n) is 11.1. The van der Waals surface area contributed by atoms with E-state index in [0.717, 1.165) is 32.6 Å². The number of carbonyl (C=O) groups is 1. The van der Waals surface area contributed by atoms with Gasteiger partial charge < -0.3 is 20.6 Å². The quantitative estimate of drug-likeness (QED) is 0.354. The molecular formula is C25H25FN6O2. The van der Waals surface area contributed by atoms with Gasteiger partial charge >= 0.3 is 0 Å². The summed E-state index contributed by atoms with van der Waals surface area (Å²) < 4.78 is 13.6. The SMILES string of the molecule is CN1CC2(CCN(C(=O)c3ccc(N=CC(=NN)c4cc5cc(F)ccc5[nH]c4=O)cc3)C2)C1. The van der Waals surface area contributed by atoms with Crippen LogP contribution in [0.15, 0.2) is 63.4 Å². The van der Waals surface area contributed by atoms with Crippen molar-refractivity contribution in [2.45, 2.75) is 6.42 Å². The van der Waals surface area contributed by atoms with Gasteiger partial charge in [-0.3, -0.25) is 14.6 Å². The number of nitrogens with one attached hydrogen (secondary N) is 1. The number of hydrogen-bond donors (Lipinski definition) is 2. The molecule has 0 unspecified atom stereocenters. The first-order valence-corrected chi connectivity index (χ1v) is 11.1. The number of hydrazone groups is 1. The fraction of sp³-hybridized carbons (Fsp3) is 0.280. The van der Waals surface area contributed by atoms with E-state index in [1.165, 1.54) is 30.5 Å².